The molecule has 1 rings (SSSR count). The van der Waals surface area contributed by atoms with Gasteiger partial charge in [-0.05, 0) is 43.5 Å². The zero-order valence-electron chi connectivity index (χ0n) is 13.6. The molecule has 1 aromatic carbocycles. The van der Waals surface area contributed by atoms with Crippen molar-refractivity contribution in [2.45, 2.75) is 54.5 Å². The van der Waals surface area contributed by atoms with Gasteiger partial charge in [0.2, 0.25) is 0 Å². The van der Waals surface area contributed by atoms with Gasteiger partial charge < -0.3 is 10.1 Å². The topological polar surface area (TPSA) is 21.3 Å². The van der Waals surface area contributed by atoms with Gasteiger partial charge in [0.1, 0.15) is 5.75 Å². The number of aryl methyl sites for hydroxylation is 2. The molecule has 0 aliphatic heterocycles. The minimum atomic E-state index is 0.133. The first-order chi connectivity index (χ1) is 8.71. The number of hydrogen-bond acceptors (Lipinski definition) is 2. The van der Waals surface area contributed by atoms with E-state index in [0.717, 1.165) is 18.9 Å². The normalized spacial score (nSPS) is 12.0. The summed E-state index contributed by atoms with van der Waals surface area (Å²) >= 11 is 0. The van der Waals surface area contributed by atoms with E-state index in [9.17, 15) is 0 Å². The Morgan fingerprint density at radius 3 is 2.37 bits per heavy atom. The van der Waals surface area contributed by atoms with Gasteiger partial charge in [-0.25, -0.2) is 0 Å². The van der Waals surface area contributed by atoms with E-state index in [0.29, 0.717) is 6.04 Å². The van der Waals surface area contributed by atoms with Crippen molar-refractivity contribution >= 4 is 0 Å². The second kappa shape index (κ2) is 6.42. The molecule has 0 bridgehead atoms. The van der Waals surface area contributed by atoms with Crippen LogP contribution in [0.3, 0.4) is 0 Å². The Morgan fingerprint density at radius 1 is 1.16 bits per heavy atom. The second-order valence-electron chi connectivity index (χ2n) is 6.69. The van der Waals surface area contributed by atoms with E-state index < -0.39 is 0 Å². The summed E-state index contributed by atoms with van der Waals surface area (Å²) in [7, 11) is 0. The molecule has 0 aliphatic carbocycles. The lowest BCUT2D eigenvalue weighted by molar-refractivity contribution is 0.172. The molecule has 2 heteroatoms. The molecule has 19 heavy (non-hydrogen) atoms. The van der Waals surface area contributed by atoms with Crippen LogP contribution in [0.15, 0.2) is 12.1 Å². The Bertz CT molecular complexity index is 422. The molecule has 2 nitrogen and oxygen atoms in total. The molecule has 0 radical (unpaired) electrons. The van der Waals surface area contributed by atoms with Crippen LogP contribution < -0.4 is 10.1 Å². The van der Waals surface area contributed by atoms with E-state index in [1.54, 1.807) is 0 Å². The Balaban J connectivity index is 2.66. The van der Waals surface area contributed by atoms with Gasteiger partial charge in [-0.15, -0.1) is 0 Å². The summed E-state index contributed by atoms with van der Waals surface area (Å²) < 4.78 is 6.06. The molecule has 1 aromatic rings. The third-order valence-corrected chi connectivity index (χ3v) is 3.37. The van der Waals surface area contributed by atoms with Crippen LogP contribution in [-0.2, 0) is 0 Å². The van der Waals surface area contributed by atoms with E-state index in [4.69, 9.17) is 4.74 Å². The molecular formula is C17H29NO. The average Bonchev–Trinajstić information content (AvgIpc) is 2.29. The van der Waals surface area contributed by atoms with Crippen molar-refractivity contribution in [1.29, 1.82) is 0 Å². The highest BCUT2D eigenvalue weighted by Gasteiger charge is 2.19. The average molecular weight is 263 g/mol. The van der Waals surface area contributed by atoms with Crippen LogP contribution in [0.25, 0.3) is 0 Å². The zero-order chi connectivity index (χ0) is 14.6. The van der Waals surface area contributed by atoms with Crippen LogP contribution in [-0.4, -0.2) is 19.2 Å². The maximum Gasteiger partial charge on any atom is 0.122 e. The number of ether oxygens (including phenoxy) is 1. The SMILES string of the molecule is Cc1cc(C)c(C)c(OCC(C)(C)CNC(C)C)c1. The molecule has 0 amide bonds. The van der Waals surface area contributed by atoms with Crippen LogP contribution >= 0.6 is 0 Å². The molecule has 0 aliphatic rings. The summed E-state index contributed by atoms with van der Waals surface area (Å²) in [5.41, 5.74) is 3.94. The first kappa shape index (κ1) is 16.0. The monoisotopic (exact) mass is 263 g/mol. The minimum Gasteiger partial charge on any atom is -0.493 e. The molecule has 0 saturated heterocycles. The van der Waals surface area contributed by atoms with Crippen molar-refractivity contribution in [2.75, 3.05) is 13.2 Å². The van der Waals surface area contributed by atoms with Crippen molar-refractivity contribution in [1.82, 2.24) is 5.32 Å². The Morgan fingerprint density at radius 2 is 1.79 bits per heavy atom. The van der Waals surface area contributed by atoms with E-state index >= 15 is 0 Å². The van der Waals surface area contributed by atoms with Crippen LogP contribution in [0, 0.1) is 26.2 Å². The molecule has 0 heterocycles. The first-order valence-electron chi connectivity index (χ1n) is 7.15. The molecule has 0 atom stereocenters. The number of rotatable bonds is 6. The summed E-state index contributed by atoms with van der Waals surface area (Å²) in [5, 5.41) is 3.48. The fraction of sp³-hybridized carbons (Fsp3) is 0.647. The van der Waals surface area contributed by atoms with Gasteiger partial charge in [-0.1, -0.05) is 33.8 Å². The van der Waals surface area contributed by atoms with E-state index in [1.165, 1.54) is 16.7 Å². The van der Waals surface area contributed by atoms with Gasteiger partial charge >= 0.3 is 0 Å². The smallest absolute Gasteiger partial charge is 0.122 e. The fourth-order valence-electron chi connectivity index (χ4n) is 1.96. The summed E-state index contributed by atoms with van der Waals surface area (Å²) in [6, 6.07) is 4.85. The number of hydrogen-bond donors (Lipinski definition) is 1. The highest BCUT2D eigenvalue weighted by Crippen LogP contribution is 2.25. The molecule has 0 spiro atoms. The van der Waals surface area contributed by atoms with Crippen molar-refractivity contribution in [3.05, 3.63) is 28.8 Å². The van der Waals surface area contributed by atoms with Crippen molar-refractivity contribution in [2.24, 2.45) is 5.41 Å². The molecule has 0 aromatic heterocycles. The molecule has 0 fully saturated rings. The molecule has 1 N–H and O–H groups in total. The largest absolute Gasteiger partial charge is 0.493 e. The number of nitrogens with one attached hydrogen (secondary N) is 1. The lowest BCUT2D eigenvalue weighted by Crippen LogP contribution is -2.37. The highest BCUT2D eigenvalue weighted by molar-refractivity contribution is 5.41. The Hall–Kier alpha value is -1.02. The van der Waals surface area contributed by atoms with Gasteiger partial charge in [0.15, 0.2) is 0 Å². The second-order valence-corrected chi connectivity index (χ2v) is 6.69. The molecule has 0 saturated carbocycles. The predicted octanol–water partition coefficient (Wildman–Crippen LogP) is 4.01. The Kier molecular flexibility index (Phi) is 5.42. The van der Waals surface area contributed by atoms with Crippen LogP contribution in [0.1, 0.15) is 44.4 Å². The summed E-state index contributed by atoms with van der Waals surface area (Å²) in [5.74, 6) is 1.02. The van der Waals surface area contributed by atoms with Crippen LogP contribution in [0.4, 0.5) is 0 Å². The van der Waals surface area contributed by atoms with Crippen molar-refractivity contribution in [3.8, 4) is 5.75 Å². The van der Waals surface area contributed by atoms with E-state index in [1.807, 2.05) is 0 Å². The predicted molar refractivity (Wildman–Crippen MR) is 83.1 cm³/mol. The van der Waals surface area contributed by atoms with Crippen LogP contribution in [0.5, 0.6) is 5.75 Å². The summed E-state index contributed by atoms with van der Waals surface area (Å²) in [6.45, 7) is 16.9. The zero-order valence-corrected chi connectivity index (χ0v) is 13.6. The van der Waals surface area contributed by atoms with Gasteiger partial charge in [0, 0.05) is 18.0 Å². The van der Waals surface area contributed by atoms with E-state index in [2.05, 4.69) is 65.9 Å². The van der Waals surface area contributed by atoms with Gasteiger partial charge in [0.25, 0.3) is 0 Å². The standard InChI is InChI=1S/C17H29NO/c1-12(2)18-10-17(6,7)11-19-16-9-13(3)8-14(4)15(16)5/h8-9,12,18H,10-11H2,1-7H3. The lowest BCUT2D eigenvalue weighted by Gasteiger charge is -2.27. The van der Waals surface area contributed by atoms with Gasteiger partial charge in [-0.2, -0.15) is 0 Å². The van der Waals surface area contributed by atoms with Gasteiger partial charge in [-0.3, -0.25) is 0 Å². The maximum atomic E-state index is 6.06. The first-order valence-corrected chi connectivity index (χ1v) is 7.15. The number of benzene rings is 1. The third-order valence-electron chi connectivity index (χ3n) is 3.37. The Labute approximate surface area is 118 Å². The lowest BCUT2D eigenvalue weighted by atomic mass is 9.94. The molecule has 0 unspecified atom stereocenters. The molecule has 108 valence electrons. The third kappa shape index (κ3) is 5.23. The minimum absolute atomic E-state index is 0.133. The maximum absolute atomic E-state index is 6.06. The van der Waals surface area contributed by atoms with Crippen molar-refractivity contribution < 1.29 is 4.74 Å². The highest BCUT2D eigenvalue weighted by atomic mass is 16.5. The van der Waals surface area contributed by atoms with Crippen molar-refractivity contribution in [3.63, 3.8) is 0 Å². The fourth-order valence-corrected chi connectivity index (χ4v) is 1.96. The summed E-state index contributed by atoms with van der Waals surface area (Å²) in [4.78, 5) is 0. The van der Waals surface area contributed by atoms with Gasteiger partial charge in [0.05, 0.1) is 6.61 Å². The quantitative estimate of drug-likeness (QED) is 0.837. The van der Waals surface area contributed by atoms with Crippen LogP contribution in [0.2, 0.25) is 0 Å². The summed E-state index contributed by atoms with van der Waals surface area (Å²) in [6.07, 6.45) is 0. The van der Waals surface area contributed by atoms with E-state index in [-0.39, 0.29) is 5.41 Å². The molecular weight excluding hydrogens is 234 g/mol.